The van der Waals surface area contributed by atoms with Crippen molar-refractivity contribution in [3.63, 3.8) is 0 Å². The van der Waals surface area contributed by atoms with Gasteiger partial charge in [-0.15, -0.1) is 0 Å². The van der Waals surface area contributed by atoms with E-state index in [4.69, 9.17) is 5.73 Å². The number of anilines is 2. The fourth-order valence-electron chi connectivity index (χ4n) is 2.03. The number of aromatic nitrogens is 1. The molecule has 0 aromatic carbocycles. The molecule has 2 rings (SSSR count). The fourth-order valence-corrected chi connectivity index (χ4v) is 3.79. The normalized spacial score (nSPS) is 21.2. The highest BCUT2D eigenvalue weighted by molar-refractivity contribution is 7.92. The SMILES string of the molecule is Nc1nc(NCC2CCCS2(=O)=O)ccc1[N+](=O)[O-]. The summed E-state index contributed by atoms with van der Waals surface area (Å²) in [6, 6.07) is 2.66. The van der Waals surface area contributed by atoms with E-state index in [9.17, 15) is 18.5 Å². The summed E-state index contributed by atoms with van der Waals surface area (Å²) in [6.07, 6.45) is 1.29. The second-order valence-electron chi connectivity index (χ2n) is 4.37. The summed E-state index contributed by atoms with van der Waals surface area (Å²) in [5.41, 5.74) is 5.18. The quantitative estimate of drug-likeness (QED) is 0.611. The van der Waals surface area contributed by atoms with Crippen LogP contribution < -0.4 is 11.1 Å². The summed E-state index contributed by atoms with van der Waals surface area (Å²) in [7, 11) is -3.02. The molecule has 0 saturated carbocycles. The van der Waals surface area contributed by atoms with E-state index in [2.05, 4.69) is 10.3 Å². The molecule has 19 heavy (non-hydrogen) atoms. The van der Waals surface area contributed by atoms with E-state index in [-0.39, 0.29) is 23.8 Å². The van der Waals surface area contributed by atoms with Crippen LogP contribution in [-0.2, 0) is 9.84 Å². The van der Waals surface area contributed by atoms with Crippen LogP contribution in [0.4, 0.5) is 17.3 Å². The van der Waals surface area contributed by atoms with Crippen LogP contribution in [0.25, 0.3) is 0 Å². The van der Waals surface area contributed by atoms with Crippen LogP contribution in [0.1, 0.15) is 12.8 Å². The molecule has 1 aromatic rings. The van der Waals surface area contributed by atoms with Crippen LogP contribution in [-0.4, -0.2) is 35.9 Å². The van der Waals surface area contributed by atoms with E-state index in [1.54, 1.807) is 0 Å². The lowest BCUT2D eigenvalue weighted by Crippen LogP contribution is -2.25. The van der Waals surface area contributed by atoms with Gasteiger partial charge in [0.05, 0.1) is 15.9 Å². The highest BCUT2D eigenvalue weighted by Crippen LogP contribution is 2.23. The van der Waals surface area contributed by atoms with Gasteiger partial charge in [0.15, 0.2) is 9.84 Å². The number of pyridine rings is 1. The predicted octanol–water partition coefficient (Wildman–Crippen LogP) is 0.561. The molecule has 2 heterocycles. The standard InChI is InChI=1S/C10H14N4O4S/c11-10-8(14(15)16)3-4-9(13-10)12-6-7-2-1-5-19(7,17)18/h3-4,7H,1-2,5-6H2,(H3,11,12,13). The van der Waals surface area contributed by atoms with Gasteiger partial charge in [-0.1, -0.05) is 0 Å². The van der Waals surface area contributed by atoms with Crippen molar-refractivity contribution in [3.8, 4) is 0 Å². The number of nitrogens with two attached hydrogens (primary N) is 1. The van der Waals surface area contributed by atoms with Gasteiger partial charge in [-0.2, -0.15) is 0 Å². The summed E-state index contributed by atoms with van der Waals surface area (Å²) in [5.74, 6) is 0.365. The lowest BCUT2D eigenvalue weighted by molar-refractivity contribution is -0.384. The molecular weight excluding hydrogens is 272 g/mol. The molecule has 1 aliphatic rings. The molecule has 0 aliphatic carbocycles. The predicted molar refractivity (Wildman–Crippen MR) is 70.6 cm³/mol. The zero-order valence-electron chi connectivity index (χ0n) is 10.1. The van der Waals surface area contributed by atoms with Crippen molar-refractivity contribution in [2.75, 3.05) is 23.3 Å². The number of nitrogens with one attached hydrogen (secondary N) is 1. The Morgan fingerprint density at radius 3 is 2.79 bits per heavy atom. The number of hydrogen-bond donors (Lipinski definition) is 2. The molecule has 104 valence electrons. The molecule has 1 saturated heterocycles. The molecule has 1 fully saturated rings. The minimum atomic E-state index is -3.02. The third-order valence-electron chi connectivity index (χ3n) is 3.07. The lowest BCUT2D eigenvalue weighted by Gasteiger charge is -2.11. The topological polar surface area (TPSA) is 128 Å². The average molecular weight is 286 g/mol. The zero-order valence-corrected chi connectivity index (χ0v) is 10.9. The Bertz CT molecular complexity index is 602. The van der Waals surface area contributed by atoms with Crippen LogP contribution in [0.5, 0.6) is 0 Å². The second kappa shape index (κ2) is 5.00. The number of sulfone groups is 1. The van der Waals surface area contributed by atoms with E-state index < -0.39 is 20.0 Å². The van der Waals surface area contributed by atoms with Gasteiger partial charge >= 0.3 is 5.69 Å². The van der Waals surface area contributed by atoms with Gasteiger partial charge < -0.3 is 11.1 Å². The minimum Gasteiger partial charge on any atom is -0.378 e. The molecule has 1 unspecified atom stereocenters. The Morgan fingerprint density at radius 2 is 2.26 bits per heavy atom. The molecule has 3 N–H and O–H groups in total. The second-order valence-corrected chi connectivity index (χ2v) is 6.77. The Hall–Kier alpha value is -1.90. The molecular formula is C10H14N4O4S. The van der Waals surface area contributed by atoms with Gasteiger partial charge in [0.25, 0.3) is 0 Å². The fraction of sp³-hybridized carbons (Fsp3) is 0.500. The Kier molecular flexibility index (Phi) is 3.56. The van der Waals surface area contributed by atoms with E-state index in [1.807, 2.05) is 0 Å². The van der Waals surface area contributed by atoms with E-state index in [0.717, 1.165) is 0 Å². The molecule has 0 radical (unpaired) electrons. The van der Waals surface area contributed by atoms with Crippen molar-refractivity contribution in [1.82, 2.24) is 4.98 Å². The zero-order chi connectivity index (χ0) is 14.0. The van der Waals surface area contributed by atoms with Crippen molar-refractivity contribution < 1.29 is 13.3 Å². The first kappa shape index (κ1) is 13.5. The summed E-state index contributed by atoms with van der Waals surface area (Å²) in [6.45, 7) is 0.243. The third kappa shape index (κ3) is 2.92. The van der Waals surface area contributed by atoms with Crippen LogP contribution in [0.2, 0.25) is 0 Å². The van der Waals surface area contributed by atoms with Crippen molar-refractivity contribution in [2.24, 2.45) is 0 Å². The summed E-state index contributed by atoms with van der Waals surface area (Å²) < 4.78 is 23.2. The largest absolute Gasteiger partial charge is 0.378 e. The molecule has 1 aliphatic heterocycles. The van der Waals surface area contributed by atoms with E-state index in [0.29, 0.717) is 18.7 Å². The number of hydrogen-bond acceptors (Lipinski definition) is 7. The van der Waals surface area contributed by atoms with Crippen molar-refractivity contribution in [2.45, 2.75) is 18.1 Å². The van der Waals surface area contributed by atoms with Crippen LogP contribution in [0.3, 0.4) is 0 Å². The van der Waals surface area contributed by atoms with Gasteiger partial charge in [0.1, 0.15) is 5.82 Å². The number of rotatable bonds is 4. The Labute approximate surface area is 110 Å². The monoisotopic (exact) mass is 286 g/mol. The van der Waals surface area contributed by atoms with Crippen LogP contribution in [0.15, 0.2) is 12.1 Å². The van der Waals surface area contributed by atoms with Gasteiger partial charge in [-0.3, -0.25) is 10.1 Å². The average Bonchev–Trinajstić information content (AvgIpc) is 2.65. The Morgan fingerprint density at radius 1 is 1.53 bits per heavy atom. The third-order valence-corrected chi connectivity index (χ3v) is 5.35. The molecule has 1 atom stereocenters. The van der Waals surface area contributed by atoms with Crippen molar-refractivity contribution >= 4 is 27.2 Å². The first-order valence-corrected chi connectivity index (χ1v) is 7.48. The van der Waals surface area contributed by atoms with Crippen molar-refractivity contribution in [3.05, 3.63) is 22.2 Å². The maximum atomic E-state index is 11.6. The Balaban J connectivity index is 2.05. The van der Waals surface area contributed by atoms with Crippen molar-refractivity contribution in [1.29, 1.82) is 0 Å². The first-order chi connectivity index (χ1) is 8.90. The lowest BCUT2D eigenvalue weighted by atomic mass is 10.2. The van der Waals surface area contributed by atoms with E-state index in [1.165, 1.54) is 12.1 Å². The maximum Gasteiger partial charge on any atom is 0.311 e. The van der Waals surface area contributed by atoms with E-state index >= 15 is 0 Å². The van der Waals surface area contributed by atoms with Crippen LogP contribution in [0, 0.1) is 10.1 Å². The minimum absolute atomic E-state index is 0.190. The summed E-state index contributed by atoms with van der Waals surface area (Å²) in [4.78, 5) is 13.8. The molecule has 0 amide bonds. The highest BCUT2D eigenvalue weighted by atomic mass is 32.2. The first-order valence-electron chi connectivity index (χ1n) is 5.76. The maximum absolute atomic E-state index is 11.6. The van der Waals surface area contributed by atoms with Gasteiger partial charge in [0, 0.05) is 12.6 Å². The summed E-state index contributed by atoms with van der Waals surface area (Å²) in [5, 5.41) is 13.0. The smallest absolute Gasteiger partial charge is 0.311 e. The van der Waals surface area contributed by atoms with Gasteiger partial charge in [0.2, 0.25) is 5.82 Å². The molecule has 1 aromatic heterocycles. The van der Waals surface area contributed by atoms with Gasteiger partial charge in [-0.25, -0.2) is 13.4 Å². The molecule has 0 bridgehead atoms. The summed E-state index contributed by atoms with van der Waals surface area (Å²) >= 11 is 0. The number of nitrogens with zero attached hydrogens (tertiary/aromatic N) is 2. The molecule has 0 spiro atoms. The molecule has 9 heteroatoms. The highest BCUT2D eigenvalue weighted by Gasteiger charge is 2.30. The molecule has 8 nitrogen and oxygen atoms in total. The van der Waals surface area contributed by atoms with Gasteiger partial charge in [-0.05, 0) is 18.9 Å². The number of nitrogen functional groups attached to an aromatic ring is 1. The number of nitro groups is 1. The van der Waals surface area contributed by atoms with Crippen LogP contribution >= 0.6 is 0 Å².